The molecule has 1 heterocycles. The van der Waals surface area contributed by atoms with Crippen molar-refractivity contribution in [2.24, 2.45) is 5.92 Å². The maximum absolute atomic E-state index is 5.93. The van der Waals surface area contributed by atoms with Crippen molar-refractivity contribution < 1.29 is 4.74 Å². The number of piperidine rings is 1. The van der Waals surface area contributed by atoms with Gasteiger partial charge in [0.05, 0.1) is 5.60 Å². The molecule has 0 atom stereocenters. The Morgan fingerprint density at radius 3 is 2.13 bits per heavy atom. The number of ether oxygens (including phenoxy) is 1. The smallest absolute Gasteiger partial charge is 0.0730 e. The highest BCUT2D eigenvalue weighted by Crippen LogP contribution is 2.39. The Balaban J connectivity index is 2.01. The van der Waals surface area contributed by atoms with Gasteiger partial charge in [0.25, 0.3) is 0 Å². The molecule has 0 unspecified atom stereocenters. The average molecular weight is 211 g/mol. The Labute approximate surface area is 93.8 Å². The summed E-state index contributed by atoms with van der Waals surface area (Å²) in [5.74, 6) is 0.826. The minimum absolute atomic E-state index is 0.218. The summed E-state index contributed by atoms with van der Waals surface area (Å²) in [6.45, 7) is 2.29. The maximum atomic E-state index is 5.93. The molecule has 1 saturated carbocycles. The first kappa shape index (κ1) is 11.4. The number of hydrogen-bond donors (Lipinski definition) is 1. The van der Waals surface area contributed by atoms with E-state index in [-0.39, 0.29) is 5.60 Å². The summed E-state index contributed by atoms with van der Waals surface area (Å²) in [7, 11) is 1.93. The van der Waals surface area contributed by atoms with E-state index < -0.39 is 0 Å². The lowest BCUT2D eigenvalue weighted by Crippen LogP contribution is -2.48. The van der Waals surface area contributed by atoms with Gasteiger partial charge >= 0.3 is 0 Å². The van der Waals surface area contributed by atoms with Crippen molar-refractivity contribution >= 4 is 0 Å². The Morgan fingerprint density at radius 2 is 1.60 bits per heavy atom. The van der Waals surface area contributed by atoms with E-state index >= 15 is 0 Å². The molecular weight excluding hydrogens is 186 g/mol. The van der Waals surface area contributed by atoms with Gasteiger partial charge in [0, 0.05) is 7.11 Å². The third-order valence-electron chi connectivity index (χ3n) is 4.46. The normalized spacial score (nSPS) is 28.6. The fourth-order valence-electron chi connectivity index (χ4n) is 3.43. The molecular formula is C13H25NO. The van der Waals surface area contributed by atoms with Gasteiger partial charge in [-0.25, -0.2) is 0 Å². The fourth-order valence-corrected chi connectivity index (χ4v) is 3.43. The van der Waals surface area contributed by atoms with Crippen LogP contribution in [0.25, 0.3) is 0 Å². The average Bonchev–Trinajstić information content (AvgIpc) is 2.59. The van der Waals surface area contributed by atoms with Crippen molar-refractivity contribution in [2.45, 2.75) is 57.0 Å². The van der Waals surface area contributed by atoms with Crippen molar-refractivity contribution in [3.8, 4) is 0 Å². The van der Waals surface area contributed by atoms with Crippen LogP contribution >= 0.6 is 0 Å². The minimum Gasteiger partial charge on any atom is -0.378 e. The van der Waals surface area contributed by atoms with Crippen LogP contribution in [0.5, 0.6) is 0 Å². The predicted octanol–water partition coefficient (Wildman–Crippen LogP) is 2.73. The van der Waals surface area contributed by atoms with Crippen molar-refractivity contribution in [2.75, 3.05) is 20.2 Å². The van der Waals surface area contributed by atoms with E-state index in [4.69, 9.17) is 4.74 Å². The molecule has 0 aromatic rings. The van der Waals surface area contributed by atoms with Crippen molar-refractivity contribution in [3.05, 3.63) is 0 Å². The highest BCUT2D eigenvalue weighted by Gasteiger charge is 2.39. The topological polar surface area (TPSA) is 21.3 Å². The van der Waals surface area contributed by atoms with Crippen LogP contribution in [0.3, 0.4) is 0 Å². The molecule has 1 aliphatic carbocycles. The predicted molar refractivity (Wildman–Crippen MR) is 63.0 cm³/mol. The number of hydrogen-bond acceptors (Lipinski definition) is 2. The first-order valence-corrected chi connectivity index (χ1v) is 6.63. The van der Waals surface area contributed by atoms with Gasteiger partial charge in [0.15, 0.2) is 0 Å². The maximum Gasteiger partial charge on any atom is 0.0730 e. The highest BCUT2D eigenvalue weighted by molar-refractivity contribution is 4.92. The molecule has 2 fully saturated rings. The lowest BCUT2D eigenvalue weighted by atomic mass is 9.76. The van der Waals surface area contributed by atoms with Gasteiger partial charge in [-0.05, 0) is 44.7 Å². The van der Waals surface area contributed by atoms with Crippen LogP contribution in [-0.2, 0) is 4.74 Å². The quantitative estimate of drug-likeness (QED) is 0.709. The molecule has 0 aromatic carbocycles. The lowest BCUT2D eigenvalue weighted by molar-refractivity contribution is -0.0836. The standard InChI is InChI=1S/C13H25NO/c1-15-13(8-10-14-11-9-13)12-6-4-2-3-5-7-12/h12,14H,2-11H2,1H3. The number of methoxy groups -OCH3 is 1. The monoisotopic (exact) mass is 211 g/mol. The van der Waals surface area contributed by atoms with E-state index in [9.17, 15) is 0 Å². The molecule has 15 heavy (non-hydrogen) atoms. The van der Waals surface area contributed by atoms with E-state index in [0.29, 0.717) is 0 Å². The second-order valence-electron chi connectivity index (χ2n) is 5.21. The van der Waals surface area contributed by atoms with E-state index in [1.807, 2.05) is 7.11 Å². The summed E-state index contributed by atoms with van der Waals surface area (Å²) >= 11 is 0. The van der Waals surface area contributed by atoms with Crippen molar-refractivity contribution in [1.29, 1.82) is 0 Å². The molecule has 0 aromatic heterocycles. The summed E-state index contributed by atoms with van der Waals surface area (Å²) in [5, 5.41) is 3.45. The van der Waals surface area contributed by atoms with Gasteiger partial charge in [-0.1, -0.05) is 25.7 Å². The van der Waals surface area contributed by atoms with E-state index in [2.05, 4.69) is 5.32 Å². The van der Waals surface area contributed by atoms with Gasteiger partial charge in [-0.2, -0.15) is 0 Å². The molecule has 88 valence electrons. The van der Waals surface area contributed by atoms with Gasteiger partial charge in [-0.3, -0.25) is 0 Å². The van der Waals surface area contributed by atoms with Crippen LogP contribution in [0, 0.1) is 5.92 Å². The van der Waals surface area contributed by atoms with Gasteiger partial charge in [-0.15, -0.1) is 0 Å². The number of rotatable bonds is 2. The van der Waals surface area contributed by atoms with E-state index in [1.165, 1.54) is 51.4 Å². The van der Waals surface area contributed by atoms with Crippen LogP contribution in [0.4, 0.5) is 0 Å². The molecule has 0 amide bonds. The van der Waals surface area contributed by atoms with E-state index in [0.717, 1.165) is 19.0 Å². The molecule has 2 aliphatic rings. The highest BCUT2D eigenvalue weighted by atomic mass is 16.5. The summed E-state index contributed by atoms with van der Waals surface area (Å²) in [4.78, 5) is 0. The summed E-state index contributed by atoms with van der Waals surface area (Å²) < 4.78 is 5.93. The van der Waals surface area contributed by atoms with Crippen LogP contribution < -0.4 is 5.32 Å². The first-order chi connectivity index (χ1) is 7.37. The van der Waals surface area contributed by atoms with Crippen LogP contribution in [0.15, 0.2) is 0 Å². The van der Waals surface area contributed by atoms with Gasteiger partial charge < -0.3 is 10.1 Å². The second-order valence-corrected chi connectivity index (χ2v) is 5.21. The summed E-state index contributed by atoms with van der Waals surface area (Å²) in [6, 6.07) is 0. The zero-order valence-electron chi connectivity index (χ0n) is 10.1. The Kier molecular flexibility index (Phi) is 4.04. The molecule has 2 rings (SSSR count). The van der Waals surface area contributed by atoms with Crippen molar-refractivity contribution in [1.82, 2.24) is 5.32 Å². The summed E-state index contributed by atoms with van der Waals surface area (Å²) in [6.07, 6.45) is 10.9. The first-order valence-electron chi connectivity index (χ1n) is 6.63. The van der Waals surface area contributed by atoms with Crippen molar-refractivity contribution in [3.63, 3.8) is 0 Å². The molecule has 1 saturated heterocycles. The Bertz CT molecular complexity index is 179. The molecule has 1 N–H and O–H groups in total. The molecule has 0 radical (unpaired) electrons. The molecule has 2 heteroatoms. The van der Waals surface area contributed by atoms with Gasteiger partial charge in [0.2, 0.25) is 0 Å². The zero-order valence-corrected chi connectivity index (χ0v) is 10.1. The number of nitrogens with one attached hydrogen (secondary N) is 1. The fraction of sp³-hybridized carbons (Fsp3) is 1.00. The summed E-state index contributed by atoms with van der Waals surface area (Å²) in [5.41, 5.74) is 0.218. The molecule has 2 nitrogen and oxygen atoms in total. The molecule has 0 bridgehead atoms. The third-order valence-corrected chi connectivity index (χ3v) is 4.46. The molecule has 1 aliphatic heterocycles. The Hall–Kier alpha value is -0.0800. The van der Waals surface area contributed by atoms with Gasteiger partial charge in [0.1, 0.15) is 0 Å². The van der Waals surface area contributed by atoms with E-state index in [1.54, 1.807) is 0 Å². The Morgan fingerprint density at radius 1 is 1.00 bits per heavy atom. The molecule has 0 spiro atoms. The minimum atomic E-state index is 0.218. The van der Waals surface area contributed by atoms with Crippen LogP contribution in [0.1, 0.15) is 51.4 Å². The third kappa shape index (κ3) is 2.54. The zero-order chi connectivity index (χ0) is 10.6. The lowest BCUT2D eigenvalue weighted by Gasteiger charge is -2.42. The SMILES string of the molecule is COC1(C2CCCCCC2)CCNCC1. The second kappa shape index (κ2) is 5.31. The van der Waals surface area contributed by atoms with Crippen LogP contribution in [-0.4, -0.2) is 25.8 Å². The van der Waals surface area contributed by atoms with Crippen LogP contribution in [0.2, 0.25) is 0 Å². The largest absolute Gasteiger partial charge is 0.378 e.